The highest BCUT2D eigenvalue weighted by molar-refractivity contribution is 7.13. The van der Waals surface area contributed by atoms with Crippen LogP contribution < -0.4 is 10.7 Å². The van der Waals surface area contributed by atoms with Crippen LogP contribution in [0.25, 0.3) is 11.3 Å². The Labute approximate surface area is 90.0 Å². The lowest BCUT2D eigenvalue weighted by atomic mass is 10.1. The average Bonchev–Trinajstić information content (AvgIpc) is 2.65. The van der Waals surface area contributed by atoms with Gasteiger partial charge in [0.25, 0.3) is 0 Å². The number of carbonyl (C=O) groups is 1. The van der Waals surface area contributed by atoms with Crippen LogP contribution in [0.3, 0.4) is 0 Å². The molecule has 2 rings (SSSR count). The summed E-state index contributed by atoms with van der Waals surface area (Å²) >= 11 is 1.35. The fourth-order valence-corrected chi connectivity index (χ4v) is 1.95. The van der Waals surface area contributed by atoms with Gasteiger partial charge >= 0.3 is 11.1 Å². The number of aromatic nitrogens is 1. The smallest absolute Gasteiger partial charge is 0.336 e. The average molecular weight is 221 g/mol. The van der Waals surface area contributed by atoms with E-state index in [1.165, 1.54) is 11.3 Å². The molecule has 0 radical (unpaired) electrons. The standard InChI is InChI=1S/C10H8N2O2S/c11-10-12-8(5-15-10)6-3-1-2-4-7(6)9(13)14/h1-5H,(H2,11,12)(H,13,14)/p+1. The quantitative estimate of drug-likeness (QED) is 0.806. The molecule has 0 aliphatic heterocycles. The number of nitrogens with two attached hydrogens (primary N) is 1. The Morgan fingerprint density at radius 3 is 2.73 bits per heavy atom. The molecular weight excluding hydrogens is 212 g/mol. The second-order valence-electron chi connectivity index (χ2n) is 2.99. The SMILES string of the molecule is Nc1[nH+]c(-c2ccccc2C(=O)O)cs1. The Morgan fingerprint density at radius 2 is 2.13 bits per heavy atom. The molecule has 2 aromatic rings. The fraction of sp³-hybridized carbons (Fsp3) is 0. The van der Waals surface area contributed by atoms with Crippen LogP contribution in [0.1, 0.15) is 10.4 Å². The Morgan fingerprint density at radius 1 is 1.40 bits per heavy atom. The van der Waals surface area contributed by atoms with E-state index in [0.29, 0.717) is 10.7 Å². The van der Waals surface area contributed by atoms with Gasteiger partial charge in [-0.1, -0.05) is 23.5 Å². The van der Waals surface area contributed by atoms with Gasteiger partial charge < -0.3 is 5.11 Å². The van der Waals surface area contributed by atoms with Gasteiger partial charge in [-0.3, -0.25) is 5.73 Å². The van der Waals surface area contributed by atoms with Crippen LogP contribution in [-0.4, -0.2) is 11.1 Å². The van der Waals surface area contributed by atoms with Crippen molar-refractivity contribution in [2.24, 2.45) is 0 Å². The van der Waals surface area contributed by atoms with Crippen LogP contribution in [0.2, 0.25) is 0 Å². The van der Waals surface area contributed by atoms with Crippen LogP contribution in [0, 0.1) is 0 Å². The summed E-state index contributed by atoms with van der Waals surface area (Å²) in [5, 5.41) is 11.4. The Bertz CT molecular complexity index is 508. The summed E-state index contributed by atoms with van der Waals surface area (Å²) in [5.74, 6) is -0.941. The number of carboxylic acid groups (broad SMARTS) is 1. The van der Waals surface area contributed by atoms with E-state index in [4.69, 9.17) is 10.8 Å². The van der Waals surface area contributed by atoms with Gasteiger partial charge in [-0.25, -0.2) is 9.78 Å². The molecule has 0 amide bonds. The number of aromatic carboxylic acids is 1. The van der Waals surface area contributed by atoms with Crippen LogP contribution in [-0.2, 0) is 0 Å². The second-order valence-corrected chi connectivity index (χ2v) is 3.90. The molecule has 0 aliphatic carbocycles. The molecule has 0 fully saturated rings. The van der Waals surface area contributed by atoms with Crippen LogP contribution >= 0.6 is 11.3 Å². The lowest BCUT2D eigenvalue weighted by molar-refractivity contribution is -0.340. The summed E-state index contributed by atoms with van der Waals surface area (Å²) in [5.41, 5.74) is 7.21. The largest absolute Gasteiger partial charge is 0.478 e. The van der Waals surface area contributed by atoms with Gasteiger partial charge in [0.1, 0.15) is 5.69 Å². The van der Waals surface area contributed by atoms with Crippen LogP contribution in [0.4, 0.5) is 5.13 Å². The molecule has 76 valence electrons. The third kappa shape index (κ3) is 1.82. The summed E-state index contributed by atoms with van der Waals surface area (Å²) < 4.78 is 0. The number of aromatic amines is 1. The Hall–Kier alpha value is -1.88. The van der Waals surface area contributed by atoms with Gasteiger partial charge in [-0.15, -0.1) is 0 Å². The summed E-state index contributed by atoms with van der Waals surface area (Å²) in [4.78, 5) is 13.9. The van der Waals surface area contributed by atoms with E-state index in [1.807, 2.05) is 0 Å². The zero-order valence-electron chi connectivity index (χ0n) is 7.73. The first-order valence-corrected chi connectivity index (χ1v) is 5.15. The third-order valence-electron chi connectivity index (χ3n) is 2.01. The minimum atomic E-state index is -0.941. The third-order valence-corrected chi connectivity index (χ3v) is 2.72. The molecule has 0 bridgehead atoms. The number of nitrogen functional groups attached to an aromatic ring is 1. The van der Waals surface area contributed by atoms with Crippen LogP contribution in [0.15, 0.2) is 29.6 Å². The summed E-state index contributed by atoms with van der Waals surface area (Å²) in [6, 6.07) is 6.81. The van der Waals surface area contributed by atoms with Crippen molar-refractivity contribution in [2.45, 2.75) is 0 Å². The van der Waals surface area contributed by atoms with Crippen molar-refractivity contribution in [1.82, 2.24) is 0 Å². The number of thiazole rings is 1. The van der Waals surface area contributed by atoms with Crippen molar-refractivity contribution in [1.29, 1.82) is 0 Å². The Balaban J connectivity index is 2.57. The molecule has 0 unspecified atom stereocenters. The molecular formula is C10H9N2O2S+. The summed E-state index contributed by atoms with van der Waals surface area (Å²) in [7, 11) is 0. The van der Waals surface area contributed by atoms with Crippen molar-refractivity contribution >= 4 is 22.4 Å². The van der Waals surface area contributed by atoms with E-state index in [-0.39, 0.29) is 5.56 Å². The van der Waals surface area contributed by atoms with Gasteiger partial charge in [0, 0.05) is 10.9 Å². The molecule has 4 N–H and O–H groups in total. The van der Waals surface area contributed by atoms with E-state index >= 15 is 0 Å². The van der Waals surface area contributed by atoms with Crippen molar-refractivity contribution in [3.8, 4) is 11.3 Å². The molecule has 1 heterocycles. The molecule has 0 spiro atoms. The van der Waals surface area contributed by atoms with Gasteiger partial charge in [-0.05, 0) is 12.1 Å². The predicted octanol–water partition coefficient (Wildman–Crippen LogP) is 1.51. The lowest BCUT2D eigenvalue weighted by Gasteiger charge is -1.99. The molecule has 5 heteroatoms. The van der Waals surface area contributed by atoms with Crippen molar-refractivity contribution in [2.75, 3.05) is 5.73 Å². The minimum Gasteiger partial charge on any atom is -0.478 e. The van der Waals surface area contributed by atoms with Crippen molar-refractivity contribution in [3.63, 3.8) is 0 Å². The van der Waals surface area contributed by atoms with Gasteiger partial charge in [-0.2, -0.15) is 0 Å². The number of hydrogen-bond acceptors (Lipinski definition) is 3. The second kappa shape index (κ2) is 3.70. The number of H-pyrrole nitrogens is 1. The molecule has 1 aromatic carbocycles. The van der Waals surface area contributed by atoms with E-state index in [2.05, 4.69) is 4.98 Å². The number of anilines is 1. The maximum atomic E-state index is 11.0. The van der Waals surface area contributed by atoms with E-state index in [9.17, 15) is 4.79 Å². The highest BCUT2D eigenvalue weighted by atomic mass is 32.1. The maximum absolute atomic E-state index is 11.0. The number of benzene rings is 1. The monoisotopic (exact) mass is 221 g/mol. The fourth-order valence-electron chi connectivity index (χ4n) is 1.35. The number of hydrogen-bond donors (Lipinski definition) is 2. The van der Waals surface area contributed by atoms with E-state index in [0.717, 1.165) is 5.69 Å². The molecule has 15 heavy (non-hydrogen) atoms. The highest BCUT2D eigenvalue weighted by Gasteiger charge is 2.14. The number of nitrogens with one attached hydrogen (secondary N) is 1. The number of carboxylic acids is 1. The minimum absolute atomic E-state index is 0.270. The van der Waals surface area contributed by atoms with Gasteiger partial charge in [0.05, 0.1) is 5.56 Å². The molecule has 1 aromatic heterocycles. The molecule has 0 saturated carbocycles. The van der Waals surface area contributed by atoms with Gasteiger partial charge in [0.15, 0.2) is 0 Å². The molecule has 0 aliphatic rings. The molecule has 0 atom stereocenters. The first-order chi connectivity index (χ1) is 7.18. The number of rotatable bonds is 2. The summed E-state index contributed by atoms with van der Waals surface area (Å²) in [6.07, 6.45) is 0. The molecule has 4 nitrogen and oxygen atoms in total. The van der Waals surface area contributed by atoms with E-state index < -0.39 is 5.97 Å². The topological polar surface area (TPSA) is 77.5 Å². The lowest BCUT2D eigenvalue weighted by Crippen LogP contribution is -2.09. The predicted molar refractivity (Wildman–Crippen MR) is 57.7 cm³/mol. The zero-order chi connectivity index (χ0) is 10.8. The first-order valence-electron chi connectivity index (χ1n) is 4.27. The first kappa shape index (κ1) is 9.67. The van der Waals surface area contributed by atoms with E-state index in [1.54, 1.807) is 29.6 Å². The van der Waals surface area contributed by atoms with Crippen LogP contribution in [0.5, 0.6) is 0 Å². The Kier molecular flexibility index (Phi) is 2.39. The van der Waals surface area contributed by atoms with Gasteiger partial charge in [0.2, 0.25) is 0 Å². The highest BCUT2D eigenvalue weighted by Crippen LogP contribution is 2.22. The van der Waals surface area contributed by atoms with Crippen molar-refractivity contribution in [3.05, 3.63) is 35.2 Å². The normalized spacial score (nSPS) is 10.1. The maximum Gasteiger partial charge on any atom is 0.336 e. The van der Waals surface area contributed by atoms with Crippen molar-refractivity contribution < 1.29 is 14.9 Å². The summed E-state index contributed by atoms with van der Waals surface area (Å²) in [6.45, 7) is 0. The molecule has 0 saturated heterocycles. The zero-order valence-corrected chi connectivity index (χ0v) is 8.54.